The van der Waals surface area contributed by atoms with Gasteiger partial charge in [0, 0.05) is 35.9 Å². The van der Waals surface area contributed by atoms with Crippen molar-refractivity contribution in [1.82, 2.24) is 19.2 Å². The lowest BCUT2D eigenvalue weighted by Crippen LogP contribution is -2.16. The second-order valence-corrected chi connectivity index (χ2v) is 7.32. The topological polar surface area (TPSA) is 85.5 Å². The molecule has 0 unspecified atom stereocenters. The highest BCUT2D eigenvalue weighted by Gasteiger charge is 2.19. The zero-order chi connectivity index (χ0) is 19.4. The first-order valence-electron chi connectivity index (χ1n) is 9.54. The molecule has 0 bridgehead atoms. The number of carbonyl (C=O) groups is 1. The highest BCUT2D eigenvalue weighted by molar-refractivity contribution is 6.00. The maximum atomic E-state index is 11.7. The summed E-state index contributed by atoms with van der Waals surface area (Å²) >= 11 is 0. The van der Waals surface area contributed by atoms with E-state index in [9.17, 15) is 4.79 Å². The molecule has 8 heteroatoms. The van der Waals surface area contributed by atoms with E-state index in [-0.39, 0.29) is 5.91 Å². The van der Waals surface area contributed by atoms with Crippen LogP contribution in [-0.2, 0) is 29.1 Å². The molecule has 4 aromatic rings. The Labute approximate surface area is 166 Å². The van der Waals surface area contributed by atoms with Crippen LogP contribution in [0.25, 0.3) is 16.8 Å². The molecule has 8 nitrogen and oxygen atoms in total. The Morgan fingerprint density at radius 3 is 3.07 bits per heavy atom. The van der Waals surface area contributed by atoms with Crippen LogP contribution in [0.5, 0.6) is 0 Å². The van der Waals surface area contributed by atoms with Gasteiger partial charge in [-0.1, -0.05) is 12.1 Å². The zero-order valence-electron chi connectivity index (χ0n) is 15.6. The fraction of sp³-hybridized carbons (Fsp3) is 0.190. The minimum Gasteiger partial charge on any atom is -0.373 e. The van der Waals surface area contributed by atoms with Gasteiger partial charge >= 0.3 is 0 Å². The van der Waals surface area contributed by atoms with Gasteiger partial charge in [-0.2, -0.15) is 5.10 Å². The van der Waals surface area contributed by atoms with Gasteiger partial charge in [-0.15, -0.1) is 0 Å². The van der Waals surface area contributed by atoms with Crippen LogP contribution in [0.4, 0.5) is 17.2 Å². The van der Waals surface area contributed by atoms with Crippen molar-refractivity contribution >= 4 is 28.7 Å². The van der Waals surface area contributed by atoms with Crippen molar-refractivity contribution in [2.24, 2.45) is 0 Å². The lowest BCUT2D eigenvalue weighted by molar-refractivity contribution is -0.115. The number of anilines is 3. The number of amides is 1. The zero-order valence-corrected chi connectivity index (χ0v) is 15.6. The number of nitrogens with one attached hydrogen (secondary N) is 2. The maximum absolute atomic E-state index is 11.7. The standard InChI is InChI=1S/C21H18N6O2/c28-20-9-14-2-1-13(7-17(14)24-20)15-8-18(21-22-3-4-26(21)11-15)23-19-10-16-12-29-6-5-27(16)25-19/h1-4,7-8,10-11H,5-6,9,12H2,(H,23,25)(H,24,28). The number of hydrogen-bond acceptors (Lipinski definition) is 5. The summed E-state index contributed by atoms with van der Waals surface area (Å²) in [6, 6.07) is 10.2. The van der Waals surface area contributed by atoms with Gasteiger partial charge in [-0.05, 0) is 23.3 Å². The Bertz CT molecular complexity index is 1250. The molecule has 2 aliphatic rings. The van der Waals surface area contributed by atoms with Crippen LogP contribution >= 0.6 is 0 Å². The Hall–Kier alpha value is -3.65. The molecule has 144 valence electrons. The smallest absolute Gasteiger partial charge is 0.228 e. The van der Waals surface area contributed by atoms with Crippen molar-refractivity contribution in [2.75, 3.05) is 17.2 Å². The summed E-state index contributed by atoms with van der Waals surface area (Å²) in [6.45, 7) is 2.02. The van der Waals surface area contributed by atoms with E-state index in [1.54, 1.807) is 6.20 Å². The number of nitrogens with zero attached hydrogens (tertiary/aromatic N) is 4. The van der Waals surface area contributed by atoms with Gasteiger partial charge in [0.25, 0.3) is 0 Å². The van der Waals surface area contributed by atoms with E-state index in [1.807, 2.05) is 45.7 Å². The molecule has 3 aromatic heterocycles. The largest absolute Gasteiger partial charge is 0.373 e. The minimum absolute atomic E-state index is 0.0392. The predicted octanol–water partition coefficient (Wildman–Crippen LogP) is 2.97. The molecule has 0 atom stereocenters. The molecule has 0 aliphatic carbocycles. The van der Waals surface area contributed by atoms with Crippen LogP contribution in [0.3, 0.4) is 0 Å². The average Bonchev–Trinajstić information content (AvgIpc) is 3.43. The van der Waals surface area contributed by atoms with Crippen LogP contribution in [0.2, 0.25) is 0 Å². The molecule has 0 fully saturated rings. The number of fused-ring (bicyclic) bond motifs is 3. The molecule has 2 aliphatic heterocycles. The van der Waals surface area contributed by atoms with Gasteiger partial charge in [0.2, 0.25) is 5.91 Å². The maximum Gasteiger partial charge on any atom is 0.228 e. The molecule has 1 amide bonds. The number of benzene rings is 1. The van der Waals surface area contributed by atoms with E-state index in [1.165, 1.54) is 0 Å². The minimum atomic E-state index is 0.0392. The van der Waals surface area contributed by atoms with Crippen molar-refractivity contribution in [2.45, 2.75) is 19.6 Å². The Kier molecular flexibility index (Phi) is 3.48. The first kappa shape index (κ1) is 16.3. The van der Waals surface area contributed by atoms with Gasteiger partial charge in [0.15, 0.2) is 11.5 Å². The molecule has 2 N–H and O–H groups in total. The molecular weight excluding hydrogens is 368 g/mol. The number of pyridine rings is 1. The van der Waals surface area contributed by atoms with Gasteiger partial charge in [-0.25, -0.2) is 4.98 Å². The molecule has 6 rings (SSSR count). The summed E-state index contributed by atoms with van der Waals surface area (Å²) in [5, 5.41) is 11.0. The van der Waals surface area contributed by atoms with Crippen LogP contribution in [-0.4, -0.2) is 31.7 Å². The molecular formula is C21H18N6O2. The van der Waals surface area contributed by atoms with Crippen molar-refractivity contribution in [3.05, 3.63) is 60.2 Å². The van der Waals surface area contributed by atoms with Crippen LogP contribution in [0.1, 0.15) is 11.3 Å². The molecule has 1 aromatic carbocycles. The molecule has 0 spiro atoms. The van der Waals surface area contributed by atoms with Crippen LogP contribution in [0.15, 0.2) is 48.9 Å². The third kappa shape index (κ3) is 2.76. The number of hydrogen-bond donors (Lipinski definition) is 2. The monoisotopic (exact) mass is 386 g/mol. The van der Waals surface area contributed by atoms with Crippen molar-refractivity contribution in [1.29, 1.82) is 0 Å². The summed E-state index contributed by atoms with van der Waals surface area (Å²) in [4.78, 5) is 16.2. The molecule has 0 radical (unpaired) electrons. The fourth-order valence-electron chi connectivity index (χ4n) is 3.97. The third-order valence-electron chi connectivity index (χ3n) is 5.38. The van der Waals surface area contributed by atoms with E-state index < -0.39 is 0 Å². The van der Waals surface area contributed by atoms with E-state index in [2.05, 4.69) is 26.8 Å². The number of aromatic nitrogens is 4. The summed E-state index contributed by atoms with van der Waals surface area (Å²) < 4.78 is 9.47. The fourth-order valence-corrected chi connectivity index (χ4v) is 3.97. The number of imidazole rings is 1. The van der Waals surface area contributed by atoms with Crippen molar-refractivity contribution in [3.8, 4) is 11.1 Å². The van der Waals surface area contributed by atoms with Gasteiger partial charge in [0.05, 0.1) is 37.6 Å². The van der Waals surface area contributed by atoms with Crippen molar-refractivity contribution < 1.29 is 9.53 Å². The molecule has 0 saturated heterocycles. The van der Waals surface area contributed by atoms with E-state index in [0.717, 1.165) is 51.8 Å². The van der Waals surface area contributed by atoms with E-state index in [0.29, 0.717) is 19.6 Å². The lowest BCUT2D eigenvalue weighted by Gasteiger charge is -2.12. The number of rotatable bonds is 3. The van der Waals surface area contributed by atoms with Gasteiger partial charge in [-0.3, -0.25) is 9.48 Å². The van der Waals surface area contributed by atoms with E-state index in [4.69, 9.17) is 4.74 Å². The number of carbonyl (C=O) groups excluding carboxylic acids is 1. The third-order valence-corrected chi connectivity index (χ3v) is 5.38. The summed E-state index contributed by atoms with van der Waals surface area (Å²) in [5.74, 6) is 0.811. The normalized spacial score (nSPS) is 15.2. The lowest BCUT2D eigenvalue weighted by atomic mass is 10.0. The molecule has 0 saturated carbocycles. The quantitative estimate of drug-likeness (QED) is 0.565. The van der Waals surface area contributed by atoms with Gasteiger partial charge in [0.1, 0.15) is 0 Å². The average molecular weight is 386 g/mol. The summed E-state index contributed by atoms with van der Waals surface area (Å²) in [7, 11) is 0. The predicted molar refractivity (Wildman–Crippen MR) is 108 cm³/mol. The molecule has 5 heterocycles. The van der Waals surface area contributed by atoms with Crippen LogP contribution < -0.4 is 10.6 Å². The van der Waals surface area contributed by atoms with Crippen LogP contribution in [0, 0.1) is 0 Å². The Morgan fingerprint density at radius 2 is 2.14 bits per heavy atom. The van der Waals surface area contributed by atoms with Crippen molar-refractivity contribution in [3.63, 3.8) is 0 Å². The first-order chi connectivity index (χ1) is 14.2. The Balaban J connectivity index is 1.41. The SMILES string of the molecule is O=C1Cc2ccc(-c3cc(Nc4cc5n(n4)CCOC5)c4nccn4c3)cc2N1. The highest BCUT2D eigenvalue weighted by Crippen LogP contribution is 2.32. The highest BCUT2D eigenvalue weighted by atomic mass is 16.5. The van der Waals surface area contributed by atoms with E-state index >= 15 is 0 Å². The second kappa shape index (κ2) is 6.18. The Morgan fingerprint density at radius 1 is 1.17 bits per heavy atom. The first-order valence-corrected chi connectivity index (χ1v) is 9.54. The summed E-state index contributed by atoms with van der Waals surface area (Å²) in [6.07, 6.45) is 6.18. The summed E-state index contributed by atoms with van der Waals surface area (Å²) in [5.41, 5.74) is 6.72. The second-order valence-electron chi connectivity index (χ2n) is 7.32. The molecule has 29 heavy (non-hydrogen) atoms. The number of ether oxygens (including phenoxy) is 1. The van der Waals surface area contributed by atoms with Gasteiger partial charge < -0.3 is 19.8 Å².